The molecule has 3 rings (SSSR count). The van der Waals surface area contributed by atoms with E-state index in [4.69, 9.17) is 5.73 Å². The number of thiophene rings is 1. The summed E-state index contributed by atoms with van der Waals surface area (Å²) < 4.78 is 5.91. The first kappa shape index (κ1) is 16.7. The number of nitrogens with zero attached hydrogens (tertiary/aromatic N) is 7. The molecule has 0 bridgehead atoms. The number of nitrogens with two attached hydrogens (primary N) is 1. The van der Waals surface area contributed by atoms with Crippen LogP contribution >= 0.6 is 11.3 Å². The molecular formula is C13H15N9O2S. The van der Waals surface area contributed by atoms with Crippen molar-refractivity contribution in [3.05, 3.63) is 33.8 Å². The van der Waals surface area contributed by atoms with Crippen LogP contribution in [-0.4, -0.2) is 56.4 Å². The van der Waals surface area contributed by atoms with Crippen molar-refractivity contribution in [2.24, 2.45) is 5.10 Å². The summed E-state index contributed by atoms with van der Waals surface area (Å²) in [5, 5.41) is 20.9. The van der Waals surface area contributed by atoms with Crippen LogP contribution in [0, 0.1) is 0 Å². The van der Waals surface area contributed by atoms with Gasteiger partial charge in [-0.05, 0) is 35.9 Å². The Labute approximate surface area is 146 Å². The Balaban J connectivity index is 1.86. The zero-order valence-corrected chi connectivity index (χ0v) is 14.3. The van der Waals surface area contributed by atoms with Gasteiger partial charge in [-0.2, -0.15) is 9.78 Å². The highest BCUT2D eigenvalue weighted by Gasteiger charge is 2.24. The second-order valence-corrected chi connectivity index (χ2v) is 6.20. The van der Waals surface area contributed by atoms with Gasteiger partial charge in [0.25, 0.3) is 5.91 Å². The summed E-state index contributed by atoms with van der Waals surface area (Å²) in [7, 11) is 3.69. The van der Waals surface area contributed by atoms with E-state index < -0.39 is 5.91 Å². The van der Waals surface area contributed by atoms with E-state index in [-0.39, 0.29) is 17.3 Å². The van der Waals surface area contributed by atoms with Crippen molar-refractivity contribution in [2.75, 3.05) is 19.8 Å². The molecule has 0 fully saturated rings. The van der Waals surface area contributed by atoms with Gasteiger partial charge < -0.3 is 10.6 Å². The van der Waals surface area contributed by atoms with E-state index in [1.165, 1.54) is 16.0 Å². The van der Waals surface area contributed by atoms with Crippen LogP contribution in [0.2, 0.25) is 0 Å². The van der Waals surface area contributed by atoms with E-state index in [0.29, 0.717) is 12.2 Å². The van der Waals surface area contributed by atoms with Crippen molar-refractivity contribution in [1.29, 1.82) is 0 Å². The van der Waals surface area contributed by atoms with Gasteiger partial charge in [0.2, 0.25) is 11.6 Å². The minimum Gasteiger partial charge on any atom is -0.378 e. The SMILES string of the molecule is CN(C)Cc1c(C(=O)N/N=C\c2cccs2)nnn1-c1nonc1N. The maximum atomic E-state index is 12.4. The van der Waals surface area contributed by atoms with Crippen molar-refractivity contribution in [2.45, 2.75) is 6.54 Å². The first-order chi connectivity index (χ1) is 12.1. The molecule has 130 valence electrons. The van der Waals surface area contributed by atoms with Crippen LogP contribution in [0.25, 0.3) is 5.82 Å². The van der Waals surface area contributed by atoms with E-state index in [1.54, 1.807) is 6.21 Å². The zero-order valence-electron chi connectivity index (χ0n) is 13.4. The molecule has 1 amide bonds. The van der Waals surface area contributed by atoms with Gasteiger partial charge in [-0.1, -0.05) is 11.3 Å². The second kappa shape index (κ2) is 7.19. The lowest BCUT2D eigenvalue weighted by atomic mass is 10.3. The molecule has 11 nitrogen and oxygen atoms in total. The summed E-state index contributed by atoms with van der Waals surface area (Å²) in [5.41, 5.74) is 8.73. The average molecular weight is 361 g/mol. The van der Waals surface area contributed by atoms with Gasteiger partial charge in [0.05, 0.1) is 11.9 Å². The molecule has 3 aromatic heterocycles. The number of hydrazone groups is 1. The normalized spacial score (nSPS) is 11.5. The summed E-state index contributed by atoms with van der Waals surface area (Å²) in [6, 6.07) is 3.78. The Morgan fingerprint density at radius 1 is 1.52 bits per heavy atom. The standard InChI is InChI=1S/C13H15N9O2S/c1-21(2)7-9-10(13(23)17-15-6-8-4-3-5-25-8)16-20-22(9)12-11(14)18-24-19-12/h3-6H,7H2,1-2H3,(H2,14,18)(H,17,23)/b15-6-. The van der Waals surface area contributed by atoms with Crippen LogP contribution in [-0.2, 0) is 6.54 Å². The molecule has 0 aliphatic heterocycles. The monoisotopic (exact) mass is 361 g/mol. The fourth-order valence-electron chi connectivity index (χ4n) is 2.00. The predicted molar refractivity (Wildman–Crippen MR) is 90.4 cm³/mol. The molecular weight excluding hydrogens is 346 g/mol. The van der Waals surface area contributed by atoms with E-state index in [9.17, 15) is 4.79 Å². The molecule has 3 aromatic rings. The molecule has 0 unspecified atom stereocenters. The molecule has 0 radical (unpaired) electrons. The maximum Gasteiger partial charge on any atom is 0.293 e. The molecule has 0 saturated heterocycles. The molecule has 3 heterocycles. The first-order valence-electron chi connectivity index (χ1n) is 7.11. The van der Waals surface area contributed by atoms with Crippen LogP contribution in [0.15, 0.2) is 27.2 Å². The first-order valence-corrected chi connectivity index (χ1v) is 7.99. The number of hydrogen-bond acceptors (Lipinski definition) is 10. The Morgan fingerprint density at radius 3 is 3.00 bits per heavy atom. The molecule has 0 aliphatic rings. The molecule has 0 aromatic carbocycles. The lowest BCUT2D eigenvalue weighted by Crippen LogP contribution is -2.23. The molecule has 0 aliphatic carbocycles. The van der Waals surface area contributed by atoms with Crippen molar-refractivity contribution in [3.8, 4) is 5.82 Å². The quantitative estimate of drug-likeness (QED) is 0.466. The highest BCUT2D eigenvalue weighted by atomic mass is 32.1. The van der Waals surface area contributed by atoms with Crippen LogP contribution in [0.1, 0.15) is 21.1 Å². The minimum atomic E-state index is -0.495. The Kier molecular flexibility index (Phi) is 4.81. The van der Waals surface area contributed by atoms with Crippen LogP contribution < -0.4 is 11.2 Å². The number of carbonyl (C=O) groups excluding carboxylic acids is 1. The third-order valence-corrected chi connectivity index (χ3v) is 3.85. The van der Waals surface area contributed by atoms with E-state index >= 15 is 0 Å². The molecule has 0 spiro atoms. The van der Waals surface area contributed by atoms with Gasteiger partial charge >= 0.3 is 0 Å². The molecule has 0 atom stereocenters. The fraction of sp³-hybridized carbons (Fsp3) is 0.231. The third kappa shape index (κ3) is 3.70. The van der Waals surface area contributed by atoms with Crippen LogP contribution in [0.3, 0.4) is 0 Å². The lowest BCUT2D eigenvalue weighted by Gasteiger charge is -2.10. The minimum absolute atomic E-state index is 0.0487. The predicted octanol–water partition coefficient (Wildman–Crippen LogP) is 0.119. The molecule has 3 N–H and O–H groups in total. The number of carbonyl (C=O) groups is 1. The zero-order chi connectivity index (χ0) is 17.8. The van der Waals surface area contributed by atoms with Gasteiger partial charge in [0.1, 0.15) is 0 Å². The number of rotatable bonds is 6. The summed E-state index contributed by atoms with van der Waals surface area (Å²) in [5.74, 6) is -0.274. The average Bonchev–Trinajstić information content (AvgIpc) is 3.28. The topological polar surface area (TPSA) is 140 Å². The van der Waals surface area contributed by atoms with Crippen LogP contribution in [0.4, 0.5) is 5.82 Å². The number of nitrogen functional groups attached to an aromatic ring is 1. The summed E-state index contributed by atoms with van der Waals surface area (Å²) in [6.07, 6.45) is 1.55. The maximum absolute atomic E-state index is 12.4. The fourth-order valence-corrected chi connectivity index (χ4v) is 2.58. The van der Waals surface area contributed by atoms with Crippen molar-refractivity contribution in [1.82, 2.24) is 35.6 Å². The van der Waals surface area contributed by atoms with E-state index in [2.05, 4.69) is 35.8 Å². The lowest BCUT2D eigenvalue weighted by molar-refractivity contribution is 0.0948. The van der Waals surface area contributed by atoms with Crippen LogP contribution in [0.5, 0.6) is 0 Å². The molecule has 12 heteroatoms. The van der Waals surface area contributed by atoms with E-state index in [0.717, 1.165) is 4.88 Å². The number of anilines is 1. The van der Waals surface area contributed by atoms with Gasteiger partial charge in [0, 0.05) is 11.4 Å². The Hall–Kier alpha value is -3.12. The Morgan fingerprint density at radius 2 is 2.36 bits per heavy atom. The summed E-state index contributed by atoms with van der Waals surface area (Å²) in [6.45, 7) is 0.372. The van der Waals surface area contributed by atoms with Gasteiger partial charge in [-0.25, -0.2) is 10.1 Å². The summed E-state index contributed by atoms with van der Waals surface area (Å²) >= 11 is 1.51. The number of amides is 1. The number of hydrogen-bond donors (Lipinski definition) is 2. The van der Waals surface area contributed by atoms with Crippen molar-refractivity contribution in [3.63, 3.8) is 0 Å². The highest BCUT2D eigenvalue weighted by molar-refractivity contribution is 7.11. The highest BCUT2D eigenvalue weighted by Crippen LogP contribution is 2.16. The second-order valence-electron chi connectivity index (χ2n) is 5.22. The number of aromatic nitrogens is 5. The van der Waals surface area contributed by atoms with Gasteiger partial charge in [0.15, 0.2) is 5.69 Å². The molecule has 25 heavy (non-hydrogen) atoms. The molecule has 0 saturated carbocycles. The van der Waals surface area contributed by atoms with Gasteiger partial charge in [-0.3, -0.25) is 4.79 Å². The summed E-state index contributed by atoms with van der Waals surface area (Å²) in [4.78, 5) is 15.2. The van der Waals surface area contributed by atoms with Gasteiger partial charge in [-0.15, -0.1) is 16.4 Å². The Bertz CT molecular complexity index is 881. The third-order valence-electron chi connectivity index (χ3n) is 3.04. The largest absolute Gasteiger partial charge is 0.378 e. The van der Waals surface area contributed by atoms with E-state index in [1.807, 2.05) is 36.5 Å². The number of nitrogens with one attached hydrogen (secondary N) is 1. The van der Waals surface area contributed by atoms with Crippen molar-refractivity contribution >= 4 is 29.3 Å². The van der Waals surface area contributed by atoms with Crippen molar-refractivity contribution < 1.29 is 9.42 Å². The smallest absolute Gasteiger partial charge is 0.293 e.